The van der Waals surface area contributed by atoms with Crippen LogP contribution in [-0.2, 0) is 4.74 Å². The van der Waals surface area contributed by atoms with E-state index in [1.165, 1.54) is 0 Å². The Morgan fingerprint density at radius 1 is 1.47 bits per heavy atom. The Kier molecular flexibility index (Phi) is 5.83. The van der Waals surface area contributed by atoms with Gasteiger partial charge in [0.25, 0.3) is 5.91 Å². The van der Waals surface area contributed by atoms with Crippen molar-refractivity contribution in [2.24, 2.45) is 0 Å². The molecule has 4 nitrogen and oxygen atoms in total. The molecular formula is C15H24N2O2. The Morgan fingerprint density at radius 3 is 2.68 bits per heavy atom. The Labute approximate surface area is 115 Å². The van der Waals surface area contributed by atoms with Gasteiger partial charge < -0.3 is 15.0 Å². The molecule has 4 heteroatoms. The molecule has 0 radical (unpaired) electrons. The number of anilines is 1. The SMILES string of the molecule is CCN(C(=O)c1cc(C)ccc1NC)C(C)COC. The van der Waals surface area contributed by atoms with Crippen LogP contribution < -0.4 is 5.32 Å². The number of rotatable bonds is 6. The van der Waals surface area contributed by atoms with E-state index in [1.54, 1.807) is 7.11 Å². The van der Waals surface area contributed by atoms with E-state index in [4.69, 9.17) is 4.74 Å². The number of amides is 1. The highest BCUT2D eigenvalue weighted by Crippen LogP contribution is 2.20. The molecule has 1 atom stereocenters. The zero-order valence-electron chi connectivity index (χ0n) is 12.5. The first-order chi connectivity index (χ1) is 9.04. The molecule has 0 aliphatic rings. The minimum atomic E-state index is 0.0418. The zero-order chi connectivity index (χ0) is 14.4. The number of nitrogens with zero attached hydrogens (tertiary/aromatic N) is 1. The van der Waals surface area contributed by atoms with Gasteiger partial charge in [0.2, 0.25) is 0 Å². The van der Waals surface area contributed by atoms with Crippen LogP contribution in [0.2, 0.25) is 0 Å². The summed E-state index contributed by atoms with van der Waals surface area (Å²) >= 11 is 0. The van der Waals surface area contributed by atoms with Crippen LogP contribution in [0.15, 0.2) is 18.2 Å². The van der Waals surface area contributed by atoms with Crippen molar-refractivity contribution in [2.45, 2.75) is 26.8 Å². The normalized spacial score (nSPS) is 12.1. The fourth-order valence-corrected chi connectivity index (χ4v) is 2.19. The molecule has 1 N–H and O–H groups in total. The molecule has 1 unspecified atom stereocenters. The summed E-state index contributed by atoms with van der Waals surface area (Å²) in [4.78, 5) is 14.5. The van der Waals surface area contributed by atoms with Gasteiger partial charge >= 0.3 is 0 Å². The van der Waals surface area contributed by atoms with Crippen molar-refractivity contribution in [1.82, 2.24) is 4.90 Å². The molecule has 1 aromatic carbocycles. The highest BCUT2D eigenvalue weighted by molar-refractivity contribution is 6.00. The van der Waals surface area contributed by atoms with Gasteiger partial charge in [0.1, 0.15) is 0 Å². The predicted molar refractivity (Wildman–Crippen MR) is 78.8 cm³/mol. The van der Waals surface area contributed by atoms with Crippen molar-refractivity contribution >= 4 is 11.6 Å². The van der Waals surface area contributed by atoms with E-state index in [0.717, 1.165) is 11.3 Å². The summed E-state index contributed by atoms with van der Waals surface area (Å²) in [5, 5.41) is 3.07. The molecule has 0 fully saturated rings. The number of carbonyl (C=O) groups is 1. The lowest BCUT2D eigenvalue weighted by Gasteiger charge is -2.28. The third kappa shape index (κ3) is 3.70. The number of hydrogen-bond acceptors (Lipinski definition) is 3. The number of ether oxygens (including phenoxy) is 1. The monoisotopic (exact) mass is 264 g/mol. The summed E-state index contributed by atoms with van der Waals surface area (Å²) in [5.74, 6) is 0.0418. The molecule has 1 amide bonds. The number of likely N-dealkylation sites (N-methyl/N-ethyl adjacent to an activating group) is 1. The molecule has 0 bridgehead atoms. The fraction of sp³-hybridized carbons (Fsp3) is 0.533. The van der Waals surface area contributed by atoms with Crippen LogP contribution in [0.1, 0.15) is 29.8 Å². The molecule has 0 saturated carbocycles. The third-order valence-corrected chi connectivity index (χ3v) is 3.22. The average Bonchev–Trinajstić information content (AvgIpc) is 2.39. The molecule has 1 rings (SSSR count). The quantitative estimate of drug-likeness (QED) is 0.858. The smallest absolute Gasteiger partial charge is 0.256 e. The molecule has 1 aromatic rings. The van der Waals surface area contributed by atoms with Crippen LogP contribution >= 0.6 is 0 Å². The second kappa shape index (κ2) is 7.14. The topological polar surface area (TPSA) is 41.6 Å². The maximum absolute atomic E-state index is 12.7. The Bertz CT molecular complexity index is 432. The molecule has 0 heterocycles. The highest BCUT2D eigenvalue weighted by atomic mass is 16.5. The number of hydrogen-bond donors (Lipinski definition) is 1. The summed E-state index contributed by atoms with van der Waals surface area (Å²) < 4.78 is 5.14. The molecule has 19 heavy (non-hydrogen) atoms. The van der Waals surface area contributed by atoms with E-state index in [1.807, 2.05) is 50.9 Å². The lowest BCUT2D eigenvalue weighted by Crippen LogP contribution is -2.41. The second-order valence-electron chi connectivity index (χ2n) is 4.69. The van der Waals surface area contributed by atoms with Gasteiger partial charge in [-0.05, 0) is 32.9 Å². The summed E-state index contributed by atoms with van der Waals surface area (Å²) in [6, 6.07) is 5.93. The van der Waals surface area contributed by atoms with E-state index >= 15 is 0 Å². The third-order valence-electron chi connectivity index (χ3n) is 3.22. The Balaban J connectivity index is 3.06. The molecule has 0 aromatic heterocycles. The van der Waals surface area contributed by atoms with Crippen molar-refractivity contribution in [3.63, 3.8) is 0 Å². The van der Waals surface area contributed by atoms with Crippen molar-refractivity contribution < 1.29 is 9.53 Å². The first-order valence-corrected chi connectivity index (χ1v) is 6.63. The minimum absolute atomic E-state index is 0.0418. The number of methoxy groups -OCH3 is 1. The Morgan fingerprint density at radius 2 is 2.16 bits per heavy atom. The van der Waals surface area contributed by atoms with E-state index in [9.17, 15) is 4.79 Å². The van der Waals surface area contributed by atoms with Crippen molar-refractivity contribution in [3.8, 4) is 0 Å². The van der Waals surface area contributed by atoms with Gasteiger partial charge in [-0.1, -0.05) is 11.6 Å². The van der Waals surface area contributed by atoms with E-state index < -0.39 is 0 Å². The van der Waals surface area contributed by atoms with Crippen molar-refractivity contribution in [1.29, 1.82) is 0 Å². The zero-order valence-corrected chi connectivity index (χ0v) is 12.5. The lowest BCUT2D eigenvalue weighted by atomic mass is 10.1. The van der Waals surface area contributed by atoms with Crippen molar-refractivity contribution in [2.75, 3.05) is 32.6 Å². The van der Waals surface area contributed by atoms with Gasteiger partial charge in [0.15, 0.2) is 0 Å². The number of aryl methyl sites for hydroxylation is 1. The van der Waals surface area contributed by atoms with Crippen LogP contribution in [0.4, 0.5) is 5.69 Å². The highest BCUT2D eigenvalue weighted by Gasteiger charge is 2.22. The van der Waals surface area contributed by atoms with Crippen LogP contribution in [0.3, 0.4) is 0 Å². The summed E-state index contributed by atoms with van der Waals surface area (Å²) in [5.41, 5.74) is 2.66. The van der Waals surface area contributed by atoms with Crippen LogP contribution in [0, 0.1) is 6.92 Å². The number of benzene rings is 1. The predicted octanol–water partition coefficient (Wildman–Crippen LogP) is 2.53. The van der Waals surface area contributed by atoms with E-state index in [2.05, 4.69) is 5.32 Å². The standard InChI is InChI=1S/C15H24N2O2/c1-6-17(12(3)10-19-5)15(18)13-9-11(2)7-8-14(13)16-4/h7-9,12,16H,6,10H2,1-5H3. The van der Waals surface area contributed by atoms with Gasteiger partial charge in [0.05, 0.1) is 18.2 Å². The summed E-state index contributed by atoms with van der Waals surface area (Å²) in [7, 11) is 3.48. The molecule has 106 valence electrons. The van der Waals surface area contributed by atoms with Gasteiger partial charge in [-0.25, -0.2) is 0 Å². The molecule has 0 aliphatic carbocycles. The first kappa shape index (κ1) is 15.5. The van der Waals surface area contributed by atoms with Crippen LogP contribution in [0.25, 0.3) is 0 Å². The molecule has 0 spiro atoms. The van der Waals surface area contributed by atoms with Gasteiger partial charge in [-0.2, -0.15) is 0 Å². The fourth-order valence-electron chi connectivity index (χ4n) is 2.19. The van der Waals surface area contributed by atoms with Gasteiger partial charge in [0, 0.05) is 26.4 Å². The average molecular weight is 264 g/mol. The van der Waals surface area contributed by atoms with Gasteiger partial charge in [-0.3, -0.25) is 4.79 Å². The van der Waals surface area contributed by atoms with Crippen molar-refractivity contribution in [3.05, 3.63) is 29.3 Å². The van der Waals surface area contributed by atoms with E-state index in [-0.39, 0.29) is 11.9 Å². The number of nitrogens with one attached hydrogen (secondary N) is 1. The molecule has 0 aliphatic heterocycles. The van der Waals surface area contributed by atoms with Crippen LogP contribution in [0.5, 0.6) is 0 Å². The summed E-state index contributed by atoms with van der Waals surface area (Å²) in [6.07, 6.45) is 0. The maximum atomic E-state index is 12.7. The maximum Gasteiger partial charge on any atom is 0.256 e. The van der Waals surface area contributed by atoms with Crippen LogP contribution in [-0.4, -0.2) is 44.2 Å². The number of carbonyl (C=O) groups excluding carboxylic acids is 1. The lowest BCUT2D eigenvalue weighted by molar-refractivity contribution is 0.0580. The first-order valence-electron chi connectivity index (χ1n) is 6.63. The second-order valence-corrected chi connectivity index (χ2v) is 4.69. The molecule has 0 saturated heterocycles. The Hall–Kier alpha value is -1.55. The van der Waals surface area contributed by atoms with Gasteiger partial charge in [-0.15, -0.1) is 0 Å². The van der Waals surface area contributed by atoms with E-state index in [0.29, 0.717) is 18.7 Å². The minimum Gasteiger partial charge on any atom is -0.387 e. The summed E-state index contributed by atoms with van der Waals surface area (Å²) in [6.45, 7) is 7.18. The molecular weight excluding hydrogens is 240 g/mol. The largest absolute Gasteiger partial charge is 0.387 e.